The Morgan fingerprint density at radius 1 is 1.53 bits per heavy atom. The van der Waals surface area contributed by atoms with Crippen molar-refractivity contribution < 1.29 is 14.6 Å². The number of fused-ring (bicyclic) bond motifs is 1. The molecule has 0 bridgehead atoms. The summed E-state index contributed by atoms with van der Waals surface area (Å²) in [5.74, 6) is -0.0529. The Kier molecular flexibility index (Phi) is 2.87. The first-order chi connectivity index (χ1) is 9.19. The maximum atomic E-state index is 11.0. The zero-order valence-corrected chi connectivity index (χ0v) is 10.6. The second kappa shape index (κ2) is 4.55. The maximum Gasteiger partial charge on any atom is 0.356 e. The Morgan fingerprint density at radius 3 is 3.05 bits per heavy atom. The van der Waals surface area contributed by atoms with Crippen molar-refractivity contribution in [1.29, 1.82) is 0 Å². The number of aromatic carboxylic acids is 1. The number of ether oxygens (including phenoxy) is 1. The summed E-state index contributed by atoms with van der Waals surface area (Å²) in [6.07, 6.45) is 2.78. The lowest BCUT2D eigenvalue weighted by Gasteiger charge is -2.19. The molecular formula is C13H15N3O3. The number of anilines is 1. The number of rotatable bonds is 3. The lowest BCUT2D eigenvalue weighted by molar-refractivity contribution is 0.0691. The number of carboxylic acids is 1. The van der Waals surface area contributed by atoms with E-state index < -0.39 is 5.97 Å². The molecule has 0 saturated carbocycles. The summed E-state index contributed by atoms with van der Waals surface area (Å²) < 4.78 is 7.18. The molecule has 0 radical (unpaired) electrons. The minimum Gasteiger partial charge on any atom is -0.476 e. The molecule has 2 aromatic heterocycles. The number of imidazole rings is 1. The summed E-state index contributed by atoms with van der Waals surface area (Å²) in [5, 5.41) is 9.01. The van der Waals surface area contributed by atoms with Crippen LogP contribution in [0.5, 0.6) is 0 Å². The van der Waals surface area contributed by atoms with Crippen LogP contribution in [0.15, 0.2) is 24.4 Å². The highest BCUT2D eigenvalue weighted by atomic mass is 16.5. The number of hydrogen-bond acceptors (Lipinski definition) is 4. The zero-order valence-electron chi connectivity index (χ0n) is 10.6. The van der Waals surface area contributed by atoms with E-state index in [9.17, 15) is 4.79 Å². The number of aromatic nitrogens is 2. The summed E-state index contributed by atoms with van der Waals surface area (Å²) in [5.41, 5.74) is 0.714. The van der Waals surface area contributed by atoms with Gasteiger partial charge in [0, 0.05) is 26.4 Å². The number of nitrogens with zero attached hydrogens (tertiary/aromatic N) is 3. The van der Waals surface area contributed by atoms with Gasteiger partial charge in [0.1, 0.15) is 11.5 Å². The topological polar surface area (TPSA) is 67.1 Å². The van der Waals surface area contributed by atoms with Gasteiger partial charge in [-0.15, -0.1) is 0 Å². The summed E-state index contributed by atoms with van der Waals surface area (Å²) in [6, 6.07) is 5.67. The summed E-state index contributed by atoms with van der Waals surface area (Å²) in [7, 11) is 1.72. The van der Waals surface area contributed by atoms with Crippen LogP contribution in [0, 0.1) is 0 Å². The predicted octanol–water partition coefficient (Wildman–Crippen LogP) is 1.26. The van der Waals surface area contributed by atoms with Gasteiger partial charge in [-0.1, -0.05) is 6.07 Å². The highest BCUT2D eigenvalue weighted by molar-refractivity contribution is 5.86. The smallest absolute Gasteiger partial charge is 0.356 e. The van der Waals surface area contributed by atoms with E-state index in [0.717, 1.165) is 25.3 Å². The van der Waals surface area contributed by atoms with Crippen molar-refractivity contribution in [3.8, 4) is 0 Å². The SMILES string of the molecule is CO[C@@H]1CCN(c2cccc3nc(C(=O)O)cn23)C1. The normalized spacial score (nSPS) is 19.2. The van der Waals surface area contributed by atoms with E-state index in [-0.39, 0.29) is 11.8 Å². The molecule has 2 aromatic rings. The Labute approximate surface area is 110 Å². The van der Waals surface area contributed by atoms with Crippen molar-refractivity contribution in [2.45, 2.75) is 12.5 Å². The van der Waals surface area contributed by atoms with E-state index in [1.807, 2.05) is 16.5 Å². The molecule has 1 N–H and O–H groups in total. The molecule has 1 aliphatic rings. The van der Waals surface area contributed by atoms with Gasteiger partial charge in [0.05, 0.1) is 6.10 Å². The zero-order chi connectivity index (χ0) is 13.4. The Balaban J connectivity index is 2.01. The average Bonchev–Trinajstić information content (AvgIpc) is 3.04. The highest BCUT2D eigenvalue weighted by Gasteiger charge is 2.24. The minimum absolute atomic E-state index is 0.0648. The number of methoxy groups -OCH3 is 1. The maximum absolute atomic E-state index is 11.0. The van der Waals surface area contributed by atoms with Crippen LogP contribution in [-0.2, 0) is 4.74 Å². The van der Waals surface area contributed by atoms with Crippen LogP contribution in [0.25, 0.3) is 5.65 Å². The summed E-state index contributed by atoms with van der Waals surface area (Å²) >= 11 is 0. The Hall–Kier alpha value is -2.08. The van der Waals surface area contributed by atoms with Crippen LogP contribution in [0.1, 0.15) is 16.9 Å². The molecule has 19 heavy (non-hydrogen) atoms. The van der Waals surface area contributed by atoms with Gasteiger partial charge in [-0.2, -0.15) is 0 Å². The third-order valence-corrected chi connectivity index (χ3v) is 3.49. The lowest BCUT2D eigenvalue weighted by Crippen LogP contribution is -2.24. The largest absolute Gasteiger partial charge is 0.476 e. The van der Waals surface area contributed by atoms with Crippen molar-refractivity contribution >= 4 is 17.4 Å². The molecule has 0 aliphatic carbocycles. The van der Waals surface area contributed by atoms with Crippen molar-refractivity contribution in [3.05, 3.63) is 30.1 Å². The van der Waals surface area contributed by atoms with Crippen LogP contribution in [0.4, 0.5) is 5.82 Å². The van der Waals surface area contributed by atoms with Crippen LogP contribution >= 0.6 is 0 Å². The van der Waals surface area contributed by atoms with E-state index in [0.29, 0.717) is 5.65 Å². The fourth-order valence-corrected chi connectivity index (χ4v) is 2.49. The van der Waals surface area contributed by atoms with Gasteiger partial charge in [-0.3, -0.25) is 4.40 Å². The van der Waals surface area contributed by atoms with Crippen LogP contribution in [0.3, 0.4) is 0 Å². The van der Waals surface area contributed by atoms with Crippen molar-refractivity contribution in [1.82, 2.24) is 9.38 Å². The molecule has 0 unspecified atom stereocenters. The van der Waals surface area contributed by atoms with Gasteiger partial charge in [-0.25, -0.2) is 9.78 Å². The van der Waals surface area contributed by atoms with E-state index in [4.69, 9.17) is 9.84 Å². The summed E-state index contributed by atoms with van der Waals surface area (Å²) in [4.78, 5) is 17.3. The van der Waals surface area contributed by atoms with Crippen LogP contribution < -0.4 is 4.90 Å². The Morgan fingerprint density at radius 2 is 2.37 bits per heavy atom. The first-order valence-corrected chi connectivity index (χ1v) is 6.18. The first kappa shape index (κ1) is 12.0. The number of hydrogen-bond donors (Lipinski definition) is 1. The molecule has 100 valence electrons. The van der Waals surface area contributed by atoms with E-state index >= 15 is 0 Å². The van der Waals surface area contributed by atoms with E-state index in [2.05, 4.69) is 9.88 Å². The van der Waals surface area contributed by atoms with Gasteiger partial charge >= 0.3 is 5.97 Å². The van der Waals surface area contributed by atoms with Gasteiger partial charge in [0.2, 0.25) is 0 Å². The minimum atomic E-state index is -1.01. The van der Waals surface area contributed by atoms with Gasteiger partial charge < -0.3 is 14.7 Å². The van der Waals surface area contributed by atoms with E-state index in [1.54, 1.807) is 19.4 Å². The molecule has 6 heteroatoms. The van der Waals surface area contributed by atoms with Crippen molar-refractivity contribution in [2.75, 3.05) is 25.1 Å². The quantitative estimate of drug-likeness (QED) is 0.901. The average molecular weight is 261 g/mol. The highest BCUT2D eigenvalue weighted by Crippen LogP contribution is 2.23. The van der Waals surface area contributed by atoms with Gasteiger partial charge in [0.25, 0.3) is 0 Å². The van der Waals surface area contributed by atoms with Crippen LogP contribution in [-0.4, -0.2) is 46.8 Å². The molecule has 3 rings (SSSR count). The van der Waals surface area contributed by atoms with E-state index in [1.165, 1.54) is 0 Å². The molecule has 3 heterocycles. The Bertz CT molecular complexity index is 623. The molecule has 6 nitrogen and oxygen atoms in total. The molecule has 1 saturated heterocycles. The molecule has 0 aromatic carbocycles. The second-order valence-corrected chi connectivity index (χ2v) is 4.64. The number of carboxylic acid groups (broad SMARTS) is 1. The molecular weight excluding hydrogens is 246 g/mol. The number of pyridine rings is 1. The summed E-state index contributed by atoms with van der Waals surface area (Å²) in [6.45, 7) is 1.72. The monoisotopic (exact) mass is 261 g/mol. The van der Waals surface area contributed by atoms with Crippen LogP contribution in [0.2, 0.25) is 0 Å². The molecule has 0 amide bonds. The number of carbonyl (C=O) groups is 1. The molecule has 1 atom stereocenters. The molecule has 1 aliphatic heterocycles. The third-order valence-electron chi connectivity index (χ3n) is 3.49. The predicted molar refractivity (Wildman–Crippen MR) is 69.8 cm³/mol. The molecule has 1 fully saturated rings. The second-order valence-electron chi connectivity index (χ2n) is 4.64. The molecule has 0 spiro atoms. The standard InChI is InChI=1S/C13H15N3O3/c1-19-9-5-6-15(7-9)12-4-2-3-11-14-10(13(17)18)8-16(11)12/h2-4,8-9H,5-7H2,1H3,(H,17,18)/t9-/m1/s1. The van der Waals surface area contributed by atoms with Crippen molar-refractivity contribution in [3.63, 3.8) is 0 Å². The van der Waals surface area contributed by atoms with Gasteiger partial charge in [0.15, 0.2) is 5.69 Å². The van der Waals surface area contributed by atoms with Gasteiger partial charge in [-0.05, 0) is 18.6 Å². The first-order valence-electron chi connectivity index (χ1n) is 6.18. The fourth-order valence-electron chi connectivity index (χ4n) is 2.49. The van der Waals surface area contributed by atoms with Crippen molar-refractivity contribution in [2.24, 2.45) is 0 Å². The third kappa shape index (κ3) is 2.04. The fraction of sp³-hybridized carbons (Fsp3) is 0.385. The lowest BCUT2D eigenvalue weighted by atomic mass is 10.3.